The molecule has 0 aliphatic carbocycles. The number of halogens is 1. The molecule has 1 amide bonds. The van der Waals surface area contributed by atoms with Crippen LogP contribution in [0.1, 0.15) is 11.1 Å². The van der Waals surface area contributed by atoms with Crippen molar-refractivity contribution in [3.8, 4) is 0 Å². The third kappa shape index (κ3) is 4.74. The van der Waals surface area contributed by atoms with Crippen molar-refractivity contribution in [3.05, 3.63) is 58.9 Å². The lowest BCUT2D eigenvalue weighted by atomic mass is 10.2. The van der Waals surface area contributed by atoms with E-state index in [0.717, 1.165) is 17.7 Å². The molecule has 1 aromatic heterocycles. The molecule has 0 saturated heterocycles. The standard InChI is InChI=1S/C17H20ClN3O/c1-13-11-15(18)3-4-16(13)20-12-17(22)21(2)10-7-14-5-8-19-9-6-14/h3-6,8-9,11,20H,7,10,12H2,1-2H3. The lowest BCUT2D eigenvalue weighted by Crippen LogP contribution is -2.33. The smallest absolute Gasteiger partial charge is 0.241 e. The normalized spacial score (nSPS) is 10.3. The zero-order chi connectivity index (χ0) is 15.9. The van der Waals surface area contributed by atoms with Crippen molar-refractivity contribution in [3.63, 3.8) is 0 Å². The highest BCUT2D eigenvalue weighted by molar-refractivity contribution is 6.30. The molecule has 2 rings (SSSR count). The molecule has 4 nitrogen and oxygen atoms in total. The predicted octanol–water partition coefficient (Wildman–Crippen LogP) is 3.16. The Kier molecular flexibility index (Phi) is 5.78. The van der Waals surface area contributed by atoms with Crippen molar-refractivity contribution >= 4 is 23.2 Å². The number of hydrogen-bond donors (Lipinski definition) is 1. The number of hydrogen-bond acceptors (Lipinski definition) is 3. The van der Waals surface area contributed by atoms with Crippen LogP contribution in [0, 0.1) is 6.92 Å². The minimum absolute atomic E-state index is 0.0587. The van der Waals surface area contributed by atoms with Crippen molar-refractivity contribution in [1.82, 2.24) is 9.88 Å². The zero-order valence-corrected chi connectivity index (χ0v) is 13.6. The van der Waals surface area contributed by atoms with Gasteiger partial charge in [0.15, 0.2) is 0 Å². The number of nitrogens with one attached hydrogen (secondary N) is 1. The van der Waals surface area contributed by atoms with E-state index in [2.05, 4.69) is 10.3 Å². The first-order valence-corrected chi connectivity index (χ1v) is 7.57. The molecule has 0 radical (unpaired) electrons. The molecule has 116 valence electrons. The van der Waals surface area contributed by atoms with Gasteiger partial charge in [0.05, 0.1) is 6.54 Å². The fourth-order valence-electron chi connectivity index (χ4n) is 2.10. The Labute approximate surface area is 136 Å². The Hall–Kier alpha value is -2.07. The van der Waals surface area contributed by atoms with Gasteiger partial charge in [0.2, 0.25) is 5.91 Å². The van der Waals surface area contributed by atoms with Crippen LogP contribution < -0.4 is 5.32 Å². The third-order valence-electron chi connectivity index (χ3n) is 3.53. The number of aromatic nitrogens is 1. The van der Waals surface area contributed by atoms with Gasteiger partial charge in [-0.15, -0.1) is 0 Å². The highest BCUT2D eigenvalue weighted by Gasteiger charge is 2.09. The number of pyridine rings is 1. The minimum atomic E-state index is 0.0587. The van der Waals surface area contributed by atoms with Crippen LogP contribution in [0.4, 0.5) is 5.69 Å². The summed E-state index contributed by atoms with van der Waals surface area (Å²) in [6.45, 7) is 2.92. The first-order chi connectivity index (χ1) is 10.6. The number of benzene rings is 1. The van der Waals surface area contributed by atoms with E-state index in [1.54, 1.807) is 17.3 Å². The Balaban J connectivity index is 1.81. The Morgan fingerprint density at radius 1 is 1.27 bits per heavy atom. The number of aryl methyl sites for hydroxylation is 1. The van der Waals surface area contributed by atoms with Gasteiger partial charge >= 0.3 is 0 Å². The molecular formula is C17H20ClN3O. The molecule has 0 saturated carbocycles. The largest absolute Gasteiger partial charge is 0.376 e. The summed E-state index contributed by atoms with van der Waals surface area (Å²) in [5.41, 5.74) is 3.14. The molecular weight excluding hydrogens is 298 g/mol. The number of nitrogens with zero attached hydrogens (tertiary/aromatic N) is 2. The SMILES string of the molecule is Cc1cc(Cl)ccc1NCC(=O)N(C)CCc1ccncc1. The second kappa shape index (κ2) is 7.80. The van der Waals surface area contributed by atoms with Gasteiger partial charge in [0.1, 0.15) is 0 Å². The summed E-state index contributed by atoms with van der Waals surface area (Å²) in [6, 6.07) is 9.51. The van der Waals surface area contributed by atoms with E-state index in [0.29, 0.717) is 11.6 Å². The van der Waals surface area contributed by atoms with Gasteiger partial charge in [-0.3, -0.25) is 9.78 Å². The van der Waals surface area contributed by atoms with Crippen molar-refractivity contribution in [2.45, 2.75) is 13.3 Å². The van der Waals surface area contributed by atoms with Gasteiger partial charge in [-0.2, -0.15) is 0 Å². The third-order valence-corrected chi connectivity index (χ3v) is 3.76. The van der Waals surface area contributed by atoms with Gasteiger partial charge in [-0.05, 0) is 54.8 Å². The van der Waals surface area contributed by atoms with Crippen molar-refractivity contribution in [2.75, 3.05) is 25.5 Å². The predicted molar refractivity (Wildman–Crippen MR) is 90.3 cm³/mol. The van der Waals surface area contributed by atoms with E-state index >= 15 is 0 Å². The maximum atomic E-state index is 12.1. The van der Waals surface area contributed by atoms with Gasteiger partial charge in [-0.25, -0.2) is 0 Å². The molecule has 0 atom stereocenters. The van der Waals surface area contributed by atoms with E-state index in [9.17, 15) is 4.79 Å². The van der Waals surface area contributed by atoms with E-state index in [-0.39, 0.29) is 12.5 Å². The first kappa shape index (κ1) is 16.3. The zero-order valence-electron chi connectivity index (χ0n) is 12.8. The van der Waals surface area contributed by atoms with Gasteiger partial charge < -0.3 is 10.2 Å². The molecule has 0 fully saturated rings. The number of amides is 1. The monoisotopic (exact) mass is 317 g/mol. The molecule has 0 bridgehead atoms. The summed E-state index contributed by atoms with van der Waals surface area (Å²) in [4.78, 5) is 17.9. The van der Waals surface area contributed by atoms with Crippen molar-refractivity contribution in [2.24, 2.45) is 0 Å². The number of carbonyl (C=O) groups is 1. The number of anilines is 1. The highest BCUT2D eigenvalue weighted by Crippen LogP contribution is 2.19. The van der Waals surface area contributed by atoms with E-state index in [1.807, 2.05) is 44.3 Å². The van der Waals surface area contributed by atoms with E-state index < -0.39 is 0 Å². The summed E-state index contributed by atoms with van der Waals surface area (Å²) < 4.78 is 0. The summed E-state index contributed by atoms with van der Waals surface area (Å²) in [6.07, 6.45) is 4.36. The maximum Gasteiger partial charge on any atom is 0.241 e. The summed E-state index contributed by atoms with van der Waals surface area (Å²) in [7, 11) is 1.82. The molecule has 1 aromatic carbocycles. The lowest BCUT2D eigenvalue weighted by molar-refractivity contribution is -0.127. The highest BCUT2D eigenvalue weighted by atomic mass is 35.5. The number of rotatable bonds is 6. The number of carbonyl (C=O) groups excluding carboxylic acids is 1. The summed E-state index contributed by atoms with van der Waals surface area (Å²) in [5, 5.41) is 3.86. The summed E-state index contributed by atoms with van der Waals surface area (Å²) >= 11 is 5.92. The van der Waals surface area contributed by atoms with Gasteiger partial charge in [0, 0.05) is 36.7 Å². The average molecular weight is 318 g/mol. The summed E-state index contributed by atoms with van der Waals surface area (Å²) in [5.74, 6) is 0.0587. The topological polar surface area (TPSA) is 45.2 Å². The lowest BCUT2D eigenvalue weighted by Gasteiger charge is -2.18. The fraction of sp³-hybridized carbons (Fsp3) is 0.294. The van der Waals surface area contributed by atoms with E-state index in [4.69, 9.17) is 11.6 Å². The molecule has 0 unspecified atom stereocenters. The van der Waals surface area contributed by atoms with Crippen LogP contribution in [0.15, 0.2) is 42.7 Å². The van der Waals surface area contributed by atoms with Crippen LogP contribution in [0.25, 0.3) is 0 Å². The first-order valence-electron chi connectivity index (χ1n) is 7.19. The van der Waals surface area contributed by atoms with Crippen LogP contribution in [0.5, 0.6) is 0 Å². The van der Waals surface area contributed by atoms with Gasteiger partial charge in [-0.1, -0.05) is 11.6 Å². The molecule has 1 N–H and O–H groups in total. The van der Waals surface area contributed by atoms with E-state index in [1.165, 1.54) is 5.56 Å². The van der Waals surface area contributed by atoms with Crippen LogP contribution in [0.3, 0.4) is 0 Å². The van der Waals surface area contributed by atoms with Crippen LogP contribution in [-0.4, -0.2) is 35.9 Å². The molecule has 5 heteroatoms. The molecule has 0 aliphatic heterocycles. The average Bonchev–Trinajstić information content (AvgIpc) is 2.52. The molecule has 0 spiro atoms. The van der Waals surface area contributed by atoms with Crippen LogP contribution >= 0.6 is 11.6 Å². The molecule has 22 heavy (non-hydrogen) atoms. The van der Waals surface area contributed by atoms with Crippen LogP contribution in [0.2, 0.25) is 5.02 Å². The van der Waals surface area contributed by atoms with Gasteiger partial charge in [0.25, 0.3) is 0 Å². The minimum Gasteiger partial charge on any atom is -0.376 e. The molecule has 0 aliphatic rings. The second-order valence-corrected chi connectivity index (χ2v) is 5.67. The number of likely N-dealkylation sites (N-methyl/N-ethyl adjacent to an activating group) is 1. The maximum absolute atomic E-state index is 12.1. The van der Waals surface area contributed by atoms with Crippen LogP contribution in [-0.2, 0) is 11.2 Å². The Bertz CT molecular complexity index is 631. The Morgan fingerprint density at radius 2 is 2.00 bits per heavy atom. The molecule has 2 aromatic rings. The quantitative estimate of drug-likeness (QED) is 0.890. The second-order valence-electron chi connectivity index (χ2n) is 5.23. The van der Waals surface area contributed by atoms with Crippen molar-refractivity contribution in [1.29, 1.82) is 0 Å². The fourth-order valence-corrected chi connectivity index (χ4v) is 2.33. The van der Waals surface area contributed by atoms with Crippen molar-refractivity contribution < 1.29 is 4.79 Å². The molecule has 1 heterocycles. The Morgan fingerprint density at radius 3 is 2.68 bits per heavy atom.